The van der Waals surface area contributed by atoms with E-state index in [9.17, 15) is 5.11 Å². The second-order valence-corrected chi connectivity index (χ2v) is 6.08. The smallest absolute Gasteiger partial charge is 0.122 e. The summed E-state index contributed by atoms with van der Waals surface area (Å²) >= 11 is 0. The molecule has 3 heteroatoms. The Balaban J connectivity index is 1.60. The summed E-state index contributed by atoms with van der Waals surface area (Å²) in [6.07, 6.45) is 0.699. The zero-order valence-electron chi connectivity index (χ0n) is 11.0. The molecular formula is C15H21NO2. The van der Waals surface area contributed by atoms with Gasteiger partial charge in [-0.1, -0.05) is 32.0 Å². The van der Waals surface area contributed by atoms with Gasteiger partial charge in [-0.2, -0.15) is 0 Å². The van der Waals surface area contributed by atoms with Crippen molar-refractivity contribution in [1.29, 1.82) is 0 Å². The molecule has 1 aliphatic heterocycles. The van der Waals surface area contributed by atoms with Crippen molar-refractivity contribution in [3.63, 3.8) is 0 Å². The van der Waals surface area contributed by atoms with Gasteiger partial charge in [0.1, 0.15) is 5.75 Å². The Hall–Kier alpha value is -1.06. The monoisotopic (exact) mass is 247 g/mol. The van der Waals surface area contributed by atoms with Crippen molar-refractivity contribution < 1.29 is 9.84 Å². The number of nitrogens with one attached hydrogen (secondary N) is 1. The number of hydrogen-bond donors (Lipinski definition) is 2. The van der Waals surface area contributed by atoms with E-state index < -0.39 is 0 Å². The fraction of sp³-hybridized carbons (Fsp3) is 0.600. The Bertz CT molecular complexity index is 444. The molecule has 0 bridgehead atoms. The third-order valence-electron chi connectivity index (χ3n) is 4.63. The normalized spacial score (nSPS) is 32.5. The lowest BCUT2D eigenvalue weighted by molar-refractivity contribution is -0.0726. The number of fused-ring (bicyclic) bond motifs is 1. The molecule has 18 heavy (non-hydrogen) atoms. The molecule has 0 saturated heterocycles. The van der Waals surface area contributed by atoms with Crippen LogP contribution in [0.1, 0.15) is 31.7 Å². The van der Waals surface area contributed by atoms with E-state index in [1.807, 2.05) is 12.1 Å². The fourth-order valence-electron chi connectivity index (χ4n) is 2.93. The number of aliphatic hydroxyl groups excluding tert-OH is 1. The van der Waals surface area contributed by atoms with E-state index in [2.05, 4.69) is 31.3 Å². The minimum Gasteiger partial charge on any atom is -0.493 e. The molecule has 3 rings (SSSR count). The second-order valence-electron chi connectivity index (χ2n) is 6.08. The van der Waals surface area contributed by atoms with Crippen LogP contribution in [0.3, 0.4) is 0 Å². The van der Waals surface area contributed by atoms with Crippen molar-refractivity contribution in [1.82, 2.24) is 5.32 Å². The van der Waals surface area contributed by atoms with Gasteiger partial charge in [0.05, 0.1) is 12.7 Å². The van der Waals surface area contributed by atoms with E-state index in [-0.39, 0.29) is 11.5 Å². The van der Waals surface area contributed by atoms with E-state index in [4.69, 9.17) is 4.74 Å². The highest BCUT2D eigenvalue weighted by Gasteiger charge is 2.47. The molecule has 1 saturated carbocycles. The lowest BCUT2D eigenvalue weighted by Crippen LogP contribution is -2.60. The number of para-hydroxylation sites is 1. The molecule has 1 aromatic carbocycles. The second kappa shape index (κ2) is 4.25. The van der Waals surface area contributed by atoms with E-state index in [0.717, 1.165) is 25.3 Å². The van der Waals surface area contributed by atoms with Gasteiger partial charge in [-0.05, 0) is 12.5 Å². The summed E-state index contributed by atoms with van der Waals surface area (Å²) in [5, 5.41) is 13.3. The summed E-state index contributed by atoms with van der Waals surface area (Å²) < 4.78 is 5.68. The molecule has 1 aromatic rings. The molecular weight excluding hydrogens is 226 g/mol. The summed E-state index contributed by atoms with van der Waals surface area (Å²) in [6.45, 7) is 5.94. The highest BCUT2D eigenvalue weighted by Crippen LogP contribution is 2.41. The van der Waals surface area contributed by atoms with Gasteiger partial charge in [0.25, 0.3) is 0 Å². The third-order valence-corrected chi connectivity index (χ3v) is 4.63. The number of ether oxygens (including phenoxy) is 1. The van der Waals surface area contributed by atoms with Crippen molar-refractivity contribution >= 4 is 0 Å². The Morgan fingerprint density at radius 3 is 2.89 bits per heavy atom. The number of hydrogen-bond acceptors (Lipinski definition) is 3. The lowest BCUT2D eigenvalue weighted by atomic mass is 9.64. The van der Waals surface area contributed by atoms with Crippen LogP contribution < -0.4 is 10.1 Å². The average Bonchev–Trinajstić information content (AvgIpc) is 2.78. The largest absolute Gasteiger partial charge is 0.493 e. The van der Waals surface area contributed by atoms with Crippen LogP contribution in [0.25, 0.3) is 0 Å². The van der Waals surface area contributed by atoms with Crippen molar-refractivity contribution in [3.8, 4) is 5.75 Å². The summed E-state index contributed by atoms with van der Waals surface area (Å²) in [7, 11) is 0. The van der Waals surface area contributed by atoms with Crippen LogP contribution in [0.15, 0.2) is 24.3 Å². The molecule has 98 valence electrons. The van der Waals surface area contributed by atoms with Gasteiger partial charge in [0.2, 0.25) is 0 Å². The minimum atomic E-state index is -0.165. The fourth-order valence-corrected chi connectivity index (χ4v) is 2.93. The molecule has 0 radical (unpaired) electrons. The van der Waals surface area contributed by atoms with Gasteiger partial charge in [-0.25, -0.2) is 0 Å². The first-order chi connectivity index (χ1) is 8.59. The van der Waals surface area contributed by atoms with Crippen LogP contribution in [-0.2, 0) is 0 Å². The Kier molecular flexibility index (Phi) is 2.83. The van der Waals surface area contributed by atoms with Gasteiger partial charge in [-0.15, -0.1) is 0 Å². The topological polar surface area (TPSA) is 41.5 Å². The van der Waals surface area contributed by atoms with Crippen LogP contribution in [0.2, 0.25) is 0 Å². The summed E-state index contributed by atoms with van der Waals surface area (Å²) in [5.74, 6) is 1.46. The Morgan fingerprint density at radius 2 is 2.17 bits per heavy atom. The van der Waals surface area contributed by atoms with Gasteiger partial charge < -0.3 is 15.2 Å². The van der Waals surface area contributed by atoms with E-state index >= 15 is 0 Å². The van der Waals surface area contributed by atoms with Crippen molar-refractivity contribution in [2.24, 2.45) is 5.41 Å². The lowest BCUT2D eigenvalue weighted by Gasteiger charge is -2.50. The van der Waals surface area contributed by atoms with Crippen molar-refractivity contribution in [2.45, 2.75) is 38.3 Å². The zero-order chi connectivity index (χ0) is 12.8. The maximum absolute atomic E-state index is 9.73. The molecule has 3 atom stereocenters. The van der Waals surface area contributed by atoms with Crippen LogP contribution in [-0.4, -0.2) is 30.4 Å². The Labute approximate surface area is 108 Å². The van der Waals surface area contributed by atoms with Gasteiger partial charge in [0, 0.05) is 29.5 Å². The van der Waals surface area contributed by atoms with Crippen molar-refractivity contribution in [3.05, 3.63) is 29.8 Å². The molecule has 1 fully saturated rings. The maximum Gasteiger partial charge on any atom is 0.122 e. The third kappa shape index (κ3) is 1.82. The highest BCUT2D eigenvalue weighted by molar-refractivity contribution is 5.39. The molecule has 1 heterocycles. The van der Waals surface area contributed by atoms with Crippen LogP contribution in [0.5, 0.6) is 5.75 Å². The average molecular weight is 247 g/mol. The summed E-state index contributed by atoms with van der Waals surface area (Å²) in [5.41, 5.74) is 1.31. The van der Waals surface area contributed by atoms with Crippen LogP contribution in [0, 0.1) is 5.41 Å². The van der Waals surface area contributed by atoms with Gasteiger partial charge in [0.15, 0.2) is 0 Å². The molecule has 3 unspecified atom stereocenters. The van der Waals surface area contributed by atoms with Crippen LogP contribution >= 0.6 is 0 Å². The maximum atomic E-state index is 9.73. The van der Waals surface area contributed by atoms with Gasteiger partial charge in [-0.3, -0.25) is 0 Å². The van der Waals surface area contributed by atoms with Crippen LogP contribution in [0.4, 0.5) is 0 Å². The standard InChI is InChI=1S/C15H21NO2/c1-15(2)13(7-14(15)17)16-8-10-9-18-12-6-4-3-5-11(10)12/h3-6,10,13-14,16-17H,7-9H2,1-2H3. The molecule has 2 N–H and O–H groups in total. The number of rotatable bonds is 3. The molecule has 0 amide bonds. The Morgan fingerprint density at radius 1 is 1.39 bits per heavy atom. The quantitative estimate of drug-likeness (QED) is 0.857. The van der Waals surface area contributed by atoms with Crippen molar-refractivity contribution in [2.75, 3.05) is 13.2 Å². The zero-order valence-corrected chi connectivity index (χ0v) is 11.0. The molecule has 3 nitrogen and oxygen atoms in total. The summed E-state index contributed by atoms with van der Waals surface area (Å²) in [4.78, 5) is 0. The predicted octanol–water partition coefficient (Wildman–Crippen LogP) is 1.91. The first kappa shape index (κ1) is 12.0. The SMILES string of the molecule is CC1(C)C(O)CC1NCC1COc2ccccc21. The molecule has 2 aliphatic rings. The minimum absolute atomic E-state index is 0.00101. The molecule has 0 spiro atoms. The van der Waals surface area contributed by atoms with E-state index in [1.54, 1.807) is 0 Å². The molecule has 1 aliphatic carbocycles. The first-order valence-electron chi connectivity index (χ1n) is 6.72. The van der Waals surface area contributed by atoms with Gasteiger partial charge >= 0.3 is 0 Å². The first-order valence-corrected chi connectivity index (χ1v) is 6.72. The van der Waals surface area contributed by atoms with E-state index in [1.165, 1.54) is 5.56 Å². The molecule has 0 aromatic heterocycles. The predicted molar refractivity (Wildman–Crippen MR) is 70.9 cm³/mol. The van der Waals surface area contributed by atoms with E-state index in [0.29, 0.717) is 12.0 Å². The number of benzene rings is 1. The number of aliphatic hydroxyl groups is 1. The summed E-state index contributed by atoms with van der Waals surface area (Å²) in [6, 6.07) is 8.68. The highest BCUT2D eigenvalue weighted by atomic mass is 16.5.